The second-order valence-corrected chi connectivity index (χ2v) is 4.51. The maximum Gasteiger partial charge on any atom is 0.417 e. The Morgan fingerprint density at radius 3 is 2.33 bits per heavy atom. The van der Waals surface area contributed by atoms with Gasteiger partial charge in [-0.3, -0.25) is 0 Å². The van der Waals surface area contributed by atoms with Gasteiger partial charge < -0.3 is 9.84 Å². The van der Waals surface area contributed by atoms with Gasteiger partial charge in [0.15, 0.2) is 0 Å². The summed E-state index contributed by atoms with van der Waals surface area (Å²) in [5.41, 5.74) is -2.10. The fourth-order valence-electron chi connectivity index (χ4n) is 1.68. The molecule has 7 heteroatoms. The van der Waals surface area contributed by atoms with Gasteiger partial charge >= 0.3 is 12.1 Å². The van der Waals surface area contributed by atoms with E-state index < -0.39 is 23.3 Å². The van der Waals surface area contributed by atoms with E-state index in [1.54, 1.807) is 18.2 Å². The van der Waals surface area contributed by atoms with Gasteiger partial charge in [-0.15, -0.1) is 0 Å². The molecule has 0 radical (unpaired) electrons. The Labute approximate surface area is 122 Å². The van der Waals surface area contributed by atoms with Crippen LogP contribution < -0.4 is 4.74 Å². The van der Waals surface area contributed by atoms with Crippen LogP contribution in [0.3, 0.4) is 0 Å². The molecule has 1 N–H and O–H groups in total. The van der Waals surface area contributed by atoms with Crippen molar-refractivity contribution in [3.8, 4) is 11.5 Å². The van der Waals surface area contributed by atoms with Gasteiger partial charge in [-0.1, -0.05) is 17.7 Å². The molecule has 0 aromatic heterocycles. The normalized spacial score (nSPS) is 11.2. The molecule has 2 aromatic rings. The van der Waals surface area contributed by atoms with Crippen LogP contribution in [0.4, 0.5) is 13.2 Å². The Kier molecular flexibility index (Phi) is 4.09. The SMILES string of the molecule is O=C(O)c1cc(Oc2cccc(Cl)c2)ccc1C(F)(F)F. The van der Waals surface area contributed by atoms with Crippen LogP contribution in [-0.4, -0.2) is 11.1 Å². The van der Waals surface area contributed by atoms with Gasteiger partial charge in [-0.2, -0.15) is 13.2 Å². The smallest absolute Gasteiger partial charge is 0.417 e. The van der Waals surface area contributed by atoms with Crippen molar-refractivity contribution in [2.75, 3.05) is 0 Å². The van der Waals surface area contributed by atoms with Crippen LogP contribution >= 0.6 is 11.6 Å². The minimum atomic E-state index is -4.75. The molecule has 0 saturated heterocycles. The lowest BCUT2D eigenvalue weighted by Gasteiger charge is -2.12. The number of halogens is 4. The molecular formula is C14H8ClF3O3. The number of benzene rings is 2. The highest BCUT2D eigenvalue weighted by atomic mass is 35.5. The summed E-state index contributed by atoms with van der Waals surface area (Å²) in [6, 6.07) is 8.75. The standard InChI is InChI=1S/C14H8ClF3O3/c15-8-2-1-3-9(6-8)21-10-4-5-12(14(16,17)18)11(7-10)13(19)20/h1-7H,(H,19,20). The molecule has 0 amide bonds. The topological polar surface area (TPSA) is 46.5 Å². The highest BCUT2D eigenvalue weighted by molar-refractivity contribution is 6.30. The van der Waals surface area contributed by atoms with E-state index in [4.69, 9.17) is 21.4 Å². The van der Waals surface area contributed by atoms with Crippen LogP contribution in [0.25, 0.3) is 0 Å². The van der Waals surface area contributed by atoms with E-state index in [9.17, 15) is 18.0 Å². The van der Waals surface area contributed by atoms with Crippen molar-refractivity contribution in [1.82, 2.24) is 0 Å². The van der Waals surface area contributed by atoms with Crippen LogP contribution in [0.5, 0.6) is 11.5 Å². The van der Waals surface area contributed by atoms with Crippen molar-refractivity contribution in [1.29, 1.82) is 0 Å². The quantitative estimate of drug-likeness (QED) is 0.880. The van der Waals surface area contributed by atoms with Crippen LogP contribution in [-0.2, 0) is 6.18 Å². The number of alkyl halides is 3. The maximum absolute atomic E-state index is 12.7. The highest BCUT2D eigenvalue weighted by Crippen LogP contribution is 2.35. The lowest BCUT2D eigenvalue weighted by molar-refractivity contribution is -0.138. The molecule has 0 unspecified atom stereocenters. The predicted octanol–water partition coefficient (Wildman–Crippen LogP) is 4.85. The molecular weight excluding hydrogens is 309 g/mol. The molecule has 0 bridgehead atoms. The van der Waals surface area contributed by atoms with Crippen LogP contribution in [0.1, 0.15) is 15.9 Å². The third-order valence-electron chi connectivity index (χ3n) is 2.56. The first-order valence-electron chi connectivity index (χ1n) is 5.65. The van der Waals surface area contributed by atoms with Gasteiger partial charge in [0.05, 0.1) is 11.1 Å². The first-order chi connectivity index (χ1) is 9.77. The van der Waals surface area contributed by atoms with Gasteiger partial charge in [0.1, 0.15) is 11.5 Å². The number of carbonyl (C=O) groups is 1. The summed E-state index contributed by atoms with van der Waals surface area (Å²) >= 11 is 5.75. The molecule has 0 saturated carbocycles. The second-order valence-electron chi connectivity index (χ2n) is 4.07. The maximum atomic E-state index is 12.7. The van der Waals surface area contributed by atoms with Gasteiger partial charge in [0, 0.05) is 5.02 Å². The fraction of sp³-hybridized carbons (Fsp3) is 0.0714. The number of aromatic carboxylic acids is 1. The minimum absolute atomic E-state index is 0.0253. The number of hydrogen-bond acceptors (Lipinski definition) is 2. The van der Waals surface area contributed by atoms with Crippen molar-refractivity contribution in [3.63, 3.8) is 0 Å². The minimum Gasteiger partial charge on any atom is -0.478 e. The van der Waals surface area contributed by atoms with Crippen LogP contribution in [0, 0.1) is 0 Å². The highest BCUT2D eigenvalue weighted by Gasteiger charge is 2.35. The van der Waals surface area contributed by atoms with E-state index in [1.165, 1.54) is 6.07 Å². The van der Waals surface area contributed by atoms with Gasteiger partial charge in [-0.05, 0) is 36.4 Å². The molecule has 0 fully saturated rings. The molecule has 2 rings (SSSR count). The summed E-state index contributed by atoms with van der Waals surface area (Å²) in [6.07, 6.45) is -4.75. The third-order valence-corrected chi connectivity index (χ3v) is 2.79. The average molecular weight is 317 g/mol. The first-order valence-corrected chi connectivity index (χ1v) is 6.03. The Balaban J connectivity index is 2.39. The molecule has 0 heterocycles. The second kappa shape index (κ2) is 5.65. The summed E-state index contributed by atoms with van der Waals surface area (Å²) < 4.78 is 43.4. The van der Waals surface area contributed by atoms with Crippen molar-refractivity contribution < 1.29 is 27.8 Å². The Bertz CT molecular complexity index is 683. The summed E-state index contributed by atoms with van der Waals surface area (Å²) in [5, 5.41) is 9.27. The van der Waals surface area contributed by atoms with E-state index in [1.807, 2.05) is 0 Å². The van der Waals surface area contributed by atoms with E-state index in [-0.39, 0.29) is 5.75 Å². The van der Waals surface area contributed by atoms with E-state index in [2.05, 4.69) is 0 Å². The first kappa shape index (κ1) is 15.2. The van der Waals surface area contributed by atoms with E-state index in [0.29, 0.717) is 16.8 Å². The Morgan fingerprint density at radius 2 is 1.76 bits per heavy atom. The summed E-state index contributed by atoms with van der Waals surface area (Å²) in [6.45, 7) is 0. The van der Waals surface area contributed by atoms with Gasteiger partial charge in [0.2, 0.25) is 0 Å². The predicted molar refractivity (Wildman–Crippen MR) is 69.9 cm³/mol. The molecule has 0 aliphatic rings. The van der Waals surface area contributed by atoms with Crippen LogP contribution in [0.15, 0.2) is 42.5 Å². The number of ether oxygens (including phenoxy) is 1. The zero-order chi connectivity index (χ0) is 15.6. The van der Waals surface area contributed by atoms with Crippen molar-refractivity contribution >= 4 is 17.6 Å². The van der Waals surface area contributed by atoms with Crippen LogP contribution in [0.2, 0.25) is 5.02 Å². The molecule has 0 aliphatic carbocycles. The van der Waals surface area contributed by atoms with Gasteiger partial charge in [-0.25, -0.2) is 4.79 Å². The molecule has 110 valence electrons. The molecule has 21 heavy (non-hydrogen) atoms. The number of carboxylic acids is 1. The van der Waals surface area contributed by atoms with E-state index >= 15 is 0 Å². The summed E-state index contributed by atoms with van der Waals surface area (Å²) in [4.78, 5) is 11.0. The molecule has 0 aliphatic heterocycles. The zero-order valence-electron chi connectivity index (χ0n) is 10.3. The fourth-order valence-corrected chi connectivity index (χ4v) is 1.86. The molecule has 3 nitrogen and oxygen atoms in total. The van der Waals surface area contributed by atoms with Crippen molar-refractivity contribution in [2.24, 2.45) is 0 Å². The largest absolute Gasteiger partial charge is 0.478 e. The Morgan fingerprint density at radius 1 is 1.10 bits per heavy atom. The van der Waals surface area contributed by atoms with Crippen molar-refractivity contribution in [2.45, 2.75) is 6.18 Å². The van der Waals surface area contributed by atoms with Gasteiger partial charge in [0.25, 0.3) is 0 Å². The lowest BCUT2D eigenvalue weighted by Crippen LogP contribution is -2.12. The summed E-state index contributed by atoms with van der Waals surface area (Å²) in [7, 11) is 0. The zero-order valence-corrected chi connectivity index (χ0v) is 11.1. The monoisotopic (exact) mass is 316 g/mol. The lowest BCUT2D eigenvalue weighted by atomic mass is 10.1. The number of rotatable bonds is 3. The third kappa shape index (κ3) is 3.66. The Hall–Kier alpha value is -2.21. The summed E-state index contributed by atoms with van der Waals surface area (Å²) in [5.74, 6) is -1.42. The number of carboxylic acid groups (broad SMARTS) is 1. The average Bonchev–Trinajstić information content (AvgIpc) is 2.37. The van der Waals surface area contributed by atoms with E-state index in [0.717, 1.165) is 12.1 Å². The molecule has 0 spiro atoms. The van der Waals surface area contributed by atoms with Crippen molar-refractivity contribution in [3.05, 3.63) is 58.6 Å². The number of hydrogen-bond donors (Lipinski definition) is 1. The molecule has 2 aromatic carbocycles. The molecule has 0 atom stereocenters.